The maximum atomic E-state index is 13.4. The number of anilines is 3. The predicted molar refractivity (Wildman–Crippen MR) is 156 cm³/mol. The van der Waals surface area contributed by atoms with E-state index in [1.807, 2.05) is 42.5 Å². The van der Waals surface area contributed by atoms with Crippen LogP contribution in [0.15, 0.2) is 77.7 Å². The fourth-order valence-electron chi connectivity index (χ4n) is 4.51. The molecule has 0 aliphatic carbocycles. The maximum absolute atomic E-state index is 13.4. The van der Waals surface area contributed by atoms with Crippen LogP contribution in [0.5, 0.6) is 0 Å². The second kappa shape index (κ2) is 11.8. The van der Waals surface area contributed by atoms with Gasteiger partial charge in [0.25, 0.3) is 5.91 Å². The number of morpholine rings is 1. The SMILES string of the molecule is O=C(NCCn1ccnn1)c1nc2nc(Nc3ccc(N4CCOCC4)cc3)ncc2cc1-c1ccccc1Br. The van der Waals surface area contributed by atoms with Gasteiger partial charge in [-0.2, -0.15) is 4.98 Å². The van der Waals surface area contributed by atoms with E-state index in [1.54, 1.807) is 23.3 Å². The van der Waals surface area contributed by atoms with Crippen LogP contribution in [0.3, 0.4) is 0 Å². The zero-order valence-corrected chi connectivity index (χ0v) is 23.1. The van der Waals surface area contributed by atoms with Crippen molar-refractivity contribution in [3.8, 4) is 11.1 Å². The van der Waals surface area contributed by atoms with Gasteiger partial charge in [-0.05, 0) is 42.0 Å². The van der Waals surface area contributed by atoms with Crippen molar-refractivity contribution in [3.63, 3.8) is 0 Å². The van der Waals surface area contributed by atoms with E-state index >= 15 is 0 Å². The number of rotatable bonds is 8. The first-order chi connectivity index (χ1) is 19.6. The lowest BCUT2D eigenvalue weighted by Gasteiger charge is -2.28. The summed E-state index contributed by atoms with van der Waals surface area (Å²) >= 11 is 3.61. The molecule has 202 valence electrons. The number of hydrogen-bond acceptors (Lipinski definition) is 9. The fourth-order valence-corrected chi connectivity index (χ4v) is 5.01. The van der Waals surface area contributed by atoms with E-state index in [2.05, 4.69) is 63.9 Å². The van der Waals surface area contributed by atoms with Gasteiger partial charge >= 0.3 is 0 Å². The molecule has 12 heteroatoms. The molecule has 1 aliphatic heterocycles. The number of benzene rings is 2. The second-order valence-electron chi connectivity index (χ2n) is 9.16. The van der Waals surface area contributed by atoms with E-state index < -0.39 is 0 Å². The fraction of sp³-hybridized carbons (Fsp3) is 0.214. The van der Waals surface area contributed by atoms with Crippen molar-refractivity contribution in [2.24, 2.45) is 0 Å². The molecule has 11 nitrogen and oxygen atoms in total. The Labute approximate surface area is 238 Å². The Morgan fingerprint density at radius 3 is 2.62 bits per heavy atom. The number of hydrogen-bond donors (Lipinski definition) is 2. The quantitative estimate of drug-likeness (QED) is 0.272. The van der Waals surface area contributed by atoms with Crippen LogP contribution in [-0.4, -0.2) is 68.7 Å². The van der Waals surface area contributed by atoms with Crippen LogP contribution in [0.25, 0.3) is 22.2 Å². The molecule has 1 fully saturated rings. The highest BCUT2D eigenvalue weighted by Gasteiger charge is 2.19. The summed E-state index contributed by atoms with van der Waals surface area (Å²) in [4.78, 5) is 29.5. The van der Waals surface area contributed by atoms with Crippen LogP contribution in [0.2, 0.25) is 0 Å². The van der Waals surface area contributed by atoms with E-state index in [-0.39, 0.29) is 11.6 Å². The summed E-state index contributed by atoms with van der Waals surface area (Å²) in [5.41, 5.74) is 4.22. The molecule has 2 aromatic carbocycles. The number of nitrogens with zero attached hydrogens (tertiary/aromatic N) is 7. The van der Waals surface area contributed by atoms with Gasteiger partial charge in [-0.1, -0.05) is 39.3 Å². The molecule has 1 amide bonds. The highest BCUT2D eigenvalue weighted by molar-refractivity contribution is 9.10. The van der Waals surface area contributed by atoms with Crippen LogP contribution in [0, 0.1) is 0 Å². The molecule has 0 saturated carbocycles. The number of nitrogens with one attached hydrogen (secondary N) is 2. The van der Waals surface area contributed by atoms with Crippen LogP contribution in [0.1, 0.15) is 10.5 Å². The molecule has 40 heavy (non-hydrogen) atoms. The molecular formula is C28H26BrN9O2. The minimum absolute atomic E-state index is 0.275. The van der Waals surface area contributed by atoms with Gasteiger partial charge in [-0.3, -0.25) is 9.48 Å². The third kappa shape index (κ3) is 5.77. The molecule has 3 aromatic heterocycles. The Morgan fingerprint density at radius 1 is 1.02 bits per heavy atom. The predicted octanol–water partition coefficient (Wildman–Crippen LogP) is 4.06. The number of ether oxygens (including phenoxy) is 1. The normalized spacial score (nSPS) is 13.4. The summed E-state index contributed by atoms with van der Waals surface area (Å²) in [5, 5.41) is 14.6. The molecule has 0 spiro atoms. The second-order valence-corrected chi connectivity index (χ2v) is 10.0. The number of pyridine rings is 1. The zero-order valence-electron chi connectivity index (χ0n) is 21.5. The Hall–Kier alpha value is -4.42. The Kier molecular flexibility index (Phi) is 7.60. The molecule has 0 atom stereocenters. The molecular weight excluding hydrogens is 574 g/mol. The molecule has 1 aliphatic rings. The first-order valence-electron chi connectivity index (χ1n) is 12.9. The highest BCUT2D eigenvalue weighted by atomic mass is 79.9. The molecule has 4 heterocycles. The number of halogens is 1. The number of amides is 1. The van der Waals surface area contributed by atoms with E-state index in [9.17, 15) is 4.79 Å². The third-order valence-electron chi connectivity index (χ3n) is 6.55. The average Bonchev–Trinajstić information content (AvgIpc) is 3.51. The molecule has 0 bridgehead atoms. The number of carbonyl (C=O) groups is 1. The standard InChI is InChI=1S/C28H26BrN9O2/c29-24-4-2-1-3-22(24)23-17-19-18-31-28(33-20-5-7-21(8-6-20)37-13-15-40-16-14-37)35-26(19)34-25(23)27(39)30-9-11-38-12-10-32-36-38/h1-8,10,12,17-18H,9,11,13-16H2,(H,30,39)(H,31,33,34,35). The van der Waals surface area contributed by atoms with Crippen molar-refractivity contribution in [2.45, 2.75) is 6.54 Å². The van der Waals surface area contributed by atoms with Gasteiger partial charge in [-0.15, -0.1) is 5.10 Å². The van der Waals surface area contributed by atoms with Crippen LogP contribution < -0.4 is 15.5 Å². The summed E-state index contributed by atoms with van der Waals surface area (Å²) in [6.07, 6.45) is 5.06. The van der Waals surface area contributed by atoms with E-state index in [0.29, 0.717) is 30.2 Å². The lowest BCUT2D eigenvalue weighted by atomic mass is 10.0. The van der Waals surface area contributed by atoms with Gasteiger partial charge in [-0.25, -0.2) is 9.97 Å². The van der Waals surface area contributed by atoms with Crippen molar-refractivity contribution in [2.75, 3.05) is 43.1 Å². The molecule has 2 N–H and O–H groups in total. The zero-order chi connectivity index (χ0) is 27.3. The summed E-state index contributed by atoms with van der Waals surface area (Å²) in [5.74, 6) is 0.0879. The lowest BCUT2D eigenvalue weighted by molar-refractivity contribution is 0.0948. The minimum atomic E-state index is -0.306. The number of carbonyl (C=O) groups excluding carboxylic acids is 1. The summed E-state index contributed by atoms with van der Waals surface area (Å²) in [6.45, 7) is 4.10. The first kappa shape index (κ1) is 25.8. The van der Waals surface area contributed by atoms with Gasteiger partial charge < -0.3 is 20.3 Å². The van der Waals surface area contributed by atoms with Crippen LogP contribution in [-0.2, 0) is 11.3 Å². The first-order valence-corrected chi connectivity index (χ1v) is 13.7. The van der Waals surface area contributed by atoms with Crippen molar-refractivity contribution in [1.29, 1.82) is 0 Å². The van der Waals surface area contributed by atoms with Crippen molar-refractivity contribution in [3.05, 3.63) is 83.4 Å². The number of fused-ring (bicyclic) bond motifs is 1. The van der Waals surface area contributed by atoms with E-state index in [1.165, 1.54) is 0 Å². The molecule has 5 aromatic rings. The monoisotopic (exact) mass is 599 g/mol. The van der Waals surface area contributed by atoms with Gasteiger partial charge in [0.2, 0.25) is 5.95 Å². The summed E-state index contributed by atoms with van der Waals surface area (Å²) in [7, 11) is 0. The van der Waals surface area contributed by atoms with Gasteiger partial charge in [0, 0.05) is 58.8 Å². The van der Waals surface area contributed by atoms with Gasteiger partial charge in [0.15, 0.2) is 5.65 Å². The highest BCUT2D eigenvalue weighted by Crippen LogP contribution is 2.32. The van der Waals surface area contributed by atoms with E-state index in [4.69, 9.17) is 9.72 Å². The third-order valence-corrected chi connectivity index (χ3v) is 7.24. The molecule has 6 rings (SSSR count). The van der Waals surface area contributed by atoms with Crippen LogP contribution >= 0.6 is 15.9 Å². The maximum Gasteiger partial charge on any atom is 0.270 e. The van der Waals surface area contributed by atoms with Crippen molar-refractivity contribution < 1.29 is 9.53 Å². The van der Waals surface area contributed by atoms with Crippen molar-refractivity contribution >= 4 is 50.2 Å². The van der Waals surface area contributed by atoms with Gasteiger partial charge in [0.1, 0.15) is 5.69 Å². The van der Waals surface area contributed by atoms with Crippen molar-refractivity contribution in [1.82, 2.24) is 35.3 Å². The van der Waals surface area contributed by atoms with Gasteiger partial charge in [0.05, 0.1) is 26.0 Å². The topological polar surface area (TPSA) is 123 Å². The smallest absolute Gasteiger partial charge is 0.270 e. The Balaban J connectivity index is 1.27. The molecule has 0 radical (unpaired) electrons. The summed E-state index contributed by atoms with van der Waals surface area (Å²) in [6, 6.07) is 17.7. The largest absolute Gasteiger partial charge is 0.378 e. The average molecular weight is 600 g/mol. The Bertz CT molecular complexity index is 1620. The number of aromatic nitrogens is 6. The Morgan fingerprint density at radius 2 is 1.85 bits per heavy atom. The lowest BCUT2D eigenvalue weighted by Crippen LogP contribution is -2.36. The van der Waals surface area contributed by atoms with E-state index in [0.717, 1.165) is 53.1 Å². The molecule has 0 unspecified atom stereocenters. The minimum Gasteiger partial charge on any atom is -0.378 e. The van der Waals surface area contributed by atoms with Crippen LogP contribution in [0.4, 0.5) is 17.3 Å². The molecule has 1 saturated heterocycles. The summed E-state index contributed by atoms with van der Waals surface area (Å²) < 4.78 is 7.95.